The maximum Gasteiger partial charge on any atom is 0.501 e. The van der Waals surface area contributed by atoms with Crippen molar-refractivity contribution in [1.29, 1.82) is 0 Å². The second-order valence-corrected chi connectivity index (χ2v) is 15.0. The van der Waals surface area contributed by atoms with Gasteiger partial charge in [-0.3, -0.25) is 0 Å². The Bertz CT molecular complexity index is 1330. The van der Waals surface area contributed by atoms with E-state index in [4.69, 9.17) is 32.2 Å². The molecule has 1 fully saturated rings. The molecule has 0 unspecified atom stereocenters. The van der Waals surface area contributed by atoms with Gasteiger partial charge in [-0.25, -0.2) is 17.6 Å². The summed E-state index contributed by atoms with van der Waals surface area (Å²) in [5.74, 6) is -20.5. The lowest BCUT2D eigenvalue weighted by Gasteiger charge is -2.40. The second-order valence-electron chi connectivity index (χ2n) is 12.2. The Kier molecular flexibility index (Phi) is 17.4. The van der Waals surface area contributed by atoms with E-state index in [1.54, 1.807) is 6.92 Å². The molecular weight excluding hydrogens is 712 g/mol. The molecule has 1 aliphatic rings. The van der Waals surface area contributed by atoms with Crippen molar-refractivity contribution in [2.75, 3.05) is 59.5 Å². The summed E-state index contributed by atoms with van der Waals surface area (Å²) in [6, 6.07) is 0.666. The Morgan fingerprint density at radius 1 is 0.529 bits per heavy atom. The zero-order valence-corrected chi connectivity index (χ0v) is 30.6. The summed E-state index contributed by atoms with van der Waals surface area (Å²) in [5, 5.41) is 0. The van der Waals surface area contributed by atoms with Gasteiger partial charge >= 0.3 is 8.80 Å². The smallest absolute Gasteiger partial charge is 0.487 e. The molecule has 51 heavy (non-hydrogen) atoms. The van der Waals surface area contributed by atoms with Crippen molar-refractivity contribution in [2.45, 2.75) is 85.1 Å². The highest BCUT2D eigenvalue weighted by Crippen LogP contribution is 2.42. The van der Waals surface area contributed by atoms with Gasteiger partial charge in [0, 0.05) is 39.1 Å². The molecule has 0 radical (unpaired) electrons. The minimum absolute atomic E-state index is 0.181. The van der Waals surface area contributed by atoms with Crippen LogP contribution in [0.2, 0.25) is 6.04 Å². The van der Waals surface area contributed by atoms with Crippen molar-refractivity contribution in [3.05, 3.63) is 46.5 Å². The van der Waals surface area contributed by atoms with Crippen molar-refractivity contribution in [1.82, 2.24) is 0 Å². The molecule has 0 aromatic heterocycles. The van der Waals surface area contributed by atoms with Crippen molar-refractivity contribution in [3.8, 4) is 22.6 Å². The van der Waals surface area contributed by atoms with Crippen LogP contribution in [0.4, 0.5) is 35.1 Å². The largest absolute Gasteiger partial charge is 0.501 e. The summed E-state index contributed by atoms with van der Waals surface area (Å²) in [6.45, 7) is 9.77. The number of benzene rings is 2. The Hall–Kier alpha value is -2.50. The van der Waals surface area contributed by atoms with E-state index in [9.17, 15) is 35.1 Å². The van der Waals surface area contributed by atoms with E-state index in [1.807, 2.05) is 20.8 Å². The lowest BCUT2D eigenvalue weighted by Crippen LogP contribution is -2.46. The van der Waals surface area contributed by atoms with Gasteiger partial charge in [-0.2, -0.15) is 17.6 Å². The molecule has 1 heterocycles. The van der Waals surface area contributed by atoms with Crippen LogP contribution in [-0.4, -0.2) is 68.3 Å². The summed E-state index contributed by atoms with van der Waals surface area (Å²) in [7, 11) is -2.69. The fraction of sp³-hybridized carbons (Fsp3) is 0.657. The lowest BCUT2D eigenvalue weighted by atomic mass is 9.84. The first-order valence-corrected chi connectivity index (χ1v) is 19.4. The van der Waals surface area contributed by atoms with Gasteiger partial charge in [0.1, 0.15) is 0 Å². The molecule has 0 spiro atoms. The number of unbranched alkanes of at least 4 members (excludes halogenated alkanes) is 5. The van der Waals surface area contributed by atoms with Gasteiger partial charge in [0.25, 0.3) is 0 Å². The van der Waals surface area contributed by atoms with Crippen LogP contribution in [0.5, 0.6) is 11.5 Å². The zero-order valence-electron chi connectivity index (χ0n) is 29.6. The molecule has 1 aliphatic heterocycles. The number of ether oxygens (including phenoxy) is 4. The van der Waals surface area contributed by atoms with E-state index in [2.05, 4.69) is 0 Å². The SMILES string of the molecule is CCO[Si](CCCOCCCCCCCCOc1c(F)c(F)c(-c2c(F)c(F)c(OCC3(CC)COC3)c(F)c2F)c(F)c1F)(OCC)OCC. The quantitative estimate of drug-likeness (QED) is 0.0433. The molecule has 290 valence electrons. The van der Waals surface area contributed by atoms with Crippen LogP contribution in [0.1, 0.15) is 79.1 Å². The monoisotopic (exact) mass is 760 g/mol. The Labute approximate surface area is 295 Å². The van der Waals surface area contributed by atoms with Crippen molar-refractivity contribution < 1.29 is 67.3 Å². The third kappa shape index (κ3) is 10.8. The van der Waals surface area contributed by atoms with Gasteiger partial charge in [0.2, 0.25) is 23.3 Å². The average molecular weight is 761 g/mol. The molecule has 0 bridgehead atoms. The first-order valence-electron chi connectivity index (χ1n) is 17.5. The van der Waals surface area contributed by atoms with E-state index in [1.165, 1.54) is 0 Å². The standard InChI is InChI=1S/C35H48F8O7Si/c1-5-35(20-45-21-35)22-47-34-31(42)27(38)24(28(39)32(34)43)23-25(36)29(40)33(30(41)26(23)37)46-18-14-12-10-9-11-13-16-44-17-15-19-51(48-6-2,49-7-3)50-8-4/h5-22H2,1-4H3. The van der Waals surface area contributed by atoms with Crippen LogP contribution >= 0.6 is 0 Å². The highest BCUT2D eigenvalue weighted by Gasteiger charge is 2.41. The van der Waals surface area contributed by atoms with Crippen molar-refractivity contribution >= 4 is 8.80 Å². The Balaban J connectivity index is 1.47. The third-order valence-electron chi connectivity index (χ3n) is 8.58. The van der Waals surface area contributed by atoms with E-state index in [0.717, 1.165) is 32.1 Å². The minimum atomic E-state index is -2.69. The van der Waals surface area contributed by atoms with E-state index in [0.29, 0.717) is 51.9 Å². The van der Waals surface area contributed by atoms with Gasteiger partial charge < -0.3 is 32.2 Å². The molecular formula is C35H48F8O7Si. The summed E-state index contributed by atoms with van der Waals surface area (Å²) < 4.78 is 157. The molecule has 1 saturated heterocycles. The molecule has 7 nitrogen and oxygen atoms in total. The third-order valence-corrected chi connectivity index (χ3v) is 11.7. The molecule has 2 aromatic carbocycles. The van der Waals surface area contributed by atoms with E-state index >= 15 is 0 Å². The van der Waals surface area contributed by atoms with Gasteiger partial charge in [0.05, 0.1) is 43.0 Å². The molecule has 3 rings (SSSR count). The van der Waals surface area contributed by atoms with Gasteiger partial charge in [-0.15, -0.1) is 0 Å². The van der Waals surface area contributed by atoms with Crippen LogP contribution in [-0.2, 0) is 22.8 Å². The maximum absolute atomic E-state index is 15.0. The highest BCUT2D eigenvalue weighted by atomic mass is 28.4. The molecule has 0 amide bonds. The zero-order chi connectivity index (χ0) is 37.6. The summed E-state index contributed by atoms with van der Waals surface area (Å²) in [6.07, 6.45) is 5.32. The van der Waals surface area contributed by atoms with E-state index < -0.39 is 83.4 Å². The molecule has 2 aromatic rings. The molecule has 0 saturated carbocycles. The number of hydrogen-bond donors (Lipinski definition) is 0. The fourth-order valence-electron chi connectivity index (χ4n) is 5.60. The second kappa shape index (κ2) is 20.7. The molecule has 0 N–H and O–H groups in total. The Morgan fingerprint density at radius 3 is 1.35 bits per heavy atom. The summed E-state index contributed by atoms with van der Waals surface area (Å²) in [4.78, 5) is 0. The van der Waals surface area contributed by atoms with Crippen LogP contribution in [0.25, 0.3) is 11.1 Å². The molecule has 0 aliphatic carbocycles. The van der Waals surface area contributed by atoms with Crippen LogP contribution in [0, 0.1) is 52.0 Å². The lowest BCUT2D eigenvalue weighted by molar-refractivity contribution is -0.134. The normalized spacial score (nSPS) is 14.2. The average Bonchev–Trinajstić information content (AvgIpc) is 3.09. The van der Waals surface area contributed by atoms with Crippen LogP contribution in [0.3, 0.4) is 0 Å². The first-order chi connectivity index (χ1) is 24.4. The van der Waals surface area contributed by atoms with Crippen molar-refractivity contribution in [2.24, 2.45) is 5.41 Å². The summed E-state index contributed by atoms with van der Waals surface area (Å²) >= 11 is 0. The maximum atomic E-state index is 15.0. The van der Waals surface area contributed by atoms with Gasteiger partial charge in [-0.05, 0) is 46.5 Å². The predicted molar refractivity (Wildman–Crippen MR) is 175 cm³/mol. The number of hydrogen-bond acceptors (Lipinski definition) is 7. The topological polar surface area (TPSA) is 64.6 Å². The molecule has 16 heteroatoms. The highest BCUT2D eigenvalue weighted by molar-refractivity contribution is 6.60. The first kappa shape index (κ1) is 42.9. The minimum Gasteiger partial charge on any atom is -0.487 e. The van der Waals surface area contributed by atoms with E-state index in [-0.39, 0.29) is 32.8 Å². The van der Waals surface area contributed by atoms with Gasteiger partial charge in [0.15, 0.2) is 34.8 Å². The van der Waals surface area contributed by atoms with Crippen molar-refractivity contribution in [3.63, 3.8) is 0 Å². The van der Waals surface area contributed by atoms with Gasteiger partial charge in [-0.1, -0.05) is 32.6 Å². The van der Waals surface area contributed by atoms with Crippen LogP contribution < -0.4 is 9.47 Å². The summed E-state index contributed by atoms with van der Waals surface area (Å²) in [5.41, 5.74) is -4.57. The predicted octanol–water partition coefficient (Wildman–Crippen LogP) is 9.45. The molecule has 0 atom stereocenters. The Morgan fingerprint density at radius 2 is 0.941 bits per heavy atom. The number of rotatable bonds is 25. The van der Waals surface area contributed by atoms with Crippen LogP contribution in [0.15, 0.2) is 0 Å². The fourth-order valence-corrected chi connectivity index (χ4v) is 8.18. The number of halogens is 8.